The molecular weight excluding hydrogens is 536 g/mol. The lowest BCUT2D eigenvalue weighted by molar-refractivity contribution is -0.323. The molecule has 0 radical (unpaired) electrons. The Hall–Kier alpha value is -4.60. The van der Waals surface area contributed by atoms with Crippen LogP contribution in [0.5, 0.6) is 5.75 Å². The first kappa shape index (κ1) is 27.9. The highest BCUT2D eigenvalue weighted by atomic mass is 16.7. The average molecular weight is 567 g/mol. The molecule has 1 aliphatic carbocycles. The number of carbonyl (C=O) groups excluding carboxylic acids is 3. The number of ether oxygens (including phenoxy) is 1. The number of hydrogen-bond acceptors (Lipinski definition) is 11. The minimum Gasteiger partial charge on any atom is -0.494 e. The van der Waals surface area contributed by atoms with Crippen LogP contribution >= 0.6 is 0 Å². The second-order valence-electron chi connectivity index (χ2n) is 9.89. The maximum atomic E-state index is 13.0. The van der Waals surface area contributed by atoms with Gasteiger partial charge in [0.25, 0.3) is 11.8 Å². The van der Waals surface area contributed by atoms with Gasteiger partial charge in [-0.05, 0) is 43.9 Å². The third-order valence-corrected chi connectivity index (χ3v) is 6.75. The van der Waals surface area contributed by atoms with E-state index in [0.717, 1.165) is 25.7 Å². The van der Waals surface area contributed by atoms with Crippen molar-refractivity contribution < 1.29 is 34.4 Å². The number of anilines is 3. The zero-order valence-corrected chi connectivity index (χ0v) is 22.4. The number of amides is 3. The van der Waals surface area contributed by atoms with Crippen molar-refractivity contribution in [3.63, 3.8) is 0 Å². The van der Waals surface area contributed by atoms with Crippen LogP contribution in [0.15, 0.2) is 30.3 Å². The predicted molar refractivity (Wildman–Crippen MR) is 144 cm³/mol. The topological polar surface area (TPSA) is 204 Å². The molecule has 0 atom stereocenters. The van der Waals surface area contributed by atoms with E-state index in [-0.39, 0.29) is 29.2 Å². The summed E-state index contributed by atoms with van der Waals surface area (Å²) >= 11 is 0. The fourth-order valence-corrected chi connectivity index (χ4v) is 4.58. The molecule has 1 aromatic carbocycles. The van der Waals surface area contributed by atoms with Crippen LogP contribution in [0, 0.1) is 5.92 Å². The third-order valence-electron chi connectivity index (χ3n) is 6.75. The van der Waals surface area contributed by atoms with Gasteiger partial charge in [-0.15, -0.1) is 10.2 Å². The zero-order valence-electron chi connectivity index (χ0n) is 22.4. The van der Waals surface area contributed by atoms with Gasteiger partial charge in [0.15, 0.2) is 17.3 Å². The van der Waals surface area contributed by atoms with Crippen molar-refractivity contribution in [2.45, 2.75) is 31.8 Å². The number of rotatable bonds is 9. The third kappa shape index (κ3) is 6.26. The summed E-state index contributed by atoms with van der Waals surface area (Å²) in [4.78, 5) is 39.8. The summed E-state index contributed by atoms with van der Waals surface area (Å²) in [6.45, 7) is 1.40. The summed E-state index contributed by atoms with van der Waals surface area (Å²) in [7, 11) is 3.14. The molecule has 41 heavy (non-hydrogen) atoms. The van der Waals surface area contributed by atoms with Crippen molar-refractivity contribution in [2.75, 3.05) is 30.8 Å². The fourth-order valence-electron chi connectivity index (χ4n) is 4.58. The van der Waals surface area contributed by atoms with Crippen molar-refractivity contribution >= 4 is 34.9 Å². The molecule has 3 heterocycles. The van der Waals surface area contributed by atoms with Crippen LogP contribution in [0.2, 0.25) is 0 Å². The van der Waals surface area contributed by atoms with E-state index < -0.39 is 17.7 Å². The molecular formula is C26H30N8O7. The molecule has 0 unspecified atom stereocenters. The molecule has 15 nitrogen and oxygen atoms in total. The molecule has 0 bridgehead atoms. The van der Waals surface area contributed by atoms with Crippen molar-refractivity contribution in [1.29, 1.82) is 0 Å². The molecule has 2 aliphatic rings. The Morgan fingerprint density at radius 1 is 1.05 bits per heavy atom. The molecule has 5 rings (SSSR count). The van der Waals surface area contributed by atoms with Crippen molar-refractivity contribution in [1.82, 2.24) is 30.2 Å². The van der Waals surface area contributed by atoms with Crippen LogP contribution in [0.3, 0.4) is 0 Å². The summed E-state index contributed by atoms with van der Waals surface area (Å²) in [5.74, 6) is -1.27. The molecule has 0 spiro atoms. The SMILES string of the molecule is COc1c(Nc2cc(NC(=O)C3CC3)nnc2C(=O)NC(O)(O)O)cccc1-c1cc(C(=O)N2CCCC2)n(C)n1. The Labute approximate surface area is 234 Å². The Morgan fingerprint density at radius 3 is 2.44 bits per heavy atom. The van der Waals surface area contributed by atoms with Crippen molar-refractivity contribution in [2.24, 2.45) is 13.0 Å². The Kier molecular flexibility index (Phi) is 7.57. The normalized spacial score (nSPS) is 15.0. The zero-order chi connectivity index (χ0) is 29.3. The lowest BCUT2D eigenvalue weighted by Crippen LogP contribution is -2.48. The summed E-state index contributed by atoms with van der Waals surface area (Å²) in [5, 5.41) is 47.2. The number of para-hydroxylation sites is 1. The minimum atomic E-state index is -3.50. The van der Waals surface area contributed by atoms with E-state index in [2.05, 4.69) is 25.9 Å². The molecule has 3 aromatic rings. The molecule has 1 aliphatic heterocycles. The van der Waals surface area contributed by atoms with E-state index in [1.165, 1.54) is 17.9 Å². The van der Waals surface area contributed by atoms with Gasteiger partial charge in [-0.1, -0.05) is 6.07 Å². The number of methoxy groups -OCH3 is 1. The maximum Gasteiger partial charge on any atom is 0.369 e. The standard InChI is InChI=1S/C26H30N8O7/c1-33-19(25(37)34-10-3-4-11-34)12-17(32-33)15-6-5-7-16(22(15)41-2)27-18-13-20(28-23(35)14-8-9-14)30-31-21(18)24(36)29-26(38,39)40/h5-7,12-14,38-40H,3-4,8-11H2,1-2H3,(H,29,36)(H2,27,28,30,35). The highest BCUT2D eigenvalue weighted by Crippen LogP contribution is 2.38. The van der Waals surface area contributed by atoms with E-state index in [1.807, 2.05) is 0 Å². The highest BCUT2D eigenvalue weighted by Gasteiger charge is 2.31. The van der Waals surface area contributed by atoms with Crippen LogP contribution in [-0.2, 0) is 11.8 Å². The predicted octanol–water partition coefficient (Wildman–Crippen LogP) is 0.532. The maximum absolute atomic E-state index is 13.0. The van der Waals surface area contributed by atoms with Gasteiger partial charge in [-0.2, -0.15) is 5.10 Å². The molecule has 2 aromatic heterocycles. The van der Waals surface area contributed by atoms with Crippen LogP contribution in [0.1, 0.15) is 46.7 Å². The first-order valence-electron chi connectivity index (χ1n) is 13.0. The first-order valence-corrected chi connectivity index (χ1v) is 13.0. The van der Waals surface area contributed by atoms with Gasteiger partial charge in [0.05, 0.1) is 24.2 Å². The highest BCUT2D eigenvalue weighted by molar-refractivity contribution is 6.00. The monoisotopic (exact) mass is 566 g/mol. The average Bonchev–Trinajstić information content (AvgIpc) is 3.49. The fraction of sp³-hybridized carbons (Fsp3) is 0.385. The summed E-state index contributed by atoms with van der Waals surface area (Å²) < 4.78 is 7.21. The summed E-state index contributed by atoms with van der Waals surface area (Å²) in [6.07, 6.45) is -0.0538. The number of aryl methyl sites for hydroxylation is 1. The van der Waals surface area contributed by atoms with Gasteiger partial charge < -0.3 is 35.6 Å². The summed E-state index contributed by atoms with van der Waals surface area (Å²) in [5.41, 5.74) is 1.39. The van der Waals surface area contributed by atoms with E-state index >= 15 is 0 Å². The van der Waals surface area contributed by atoms with E-state index in [0.29, 0.717) is 41.5 Å². The molecule has 216 valence electrons. The lowest BCUT2D eigenvalue weighted by Gasteiger charge is -2.18. The number of likely N-dealkylation sites (tertiary alicyclic amines) is 1. The number of aliphatic hydroxyl groups is 3. The number of nitrogens with zero attached hydrogens (tertiary/aromatic N) is 5. The van der Waals surface area contributed by atoms with Crippen LogP contribution in [-0.4, -0.2) is 84.2 Å². The second kappa shape index (κ2) is 11.1. The van der Waals surface area contributed by atoms with Gasteiger partial charge in [-0.3, -0.25) is 24.4 Å². The van der Waals surface area contributed by atoms with Crippen molar-refractivity contribution in [3.05, 3.63) is 41.7 Å². The van der Waals surface area contributed by atoms with Gasteiger partial charge in [0.2, 0.25) is 5.91 Å². The quantitative estimate of drug-likeness (QED) is 0.197. The van der Waals surface area contributed by atoms with Gasteiger partial charge >= 0.3 is 6.10 Å². The largest absolute Gasteiger partial charge is 0.494 e. The van der Waals surface area contributed by atoms with Gasteiger partial charge in [0.1, 0.15) is 5.69 Å². The van der Waals surface area contributed by atoms with Gasteiger partial charge in [-0.25, -0.2) is 0 Å². The number of hydrogen-bond donors (Lipinski definition) is 6. The lowest BCUT2D eigenvalue weighted by atomic mass is 10.1. The molecule has 1 saturated heterocycles. The number of nitrogens with one attached hydrogen (secondary N) is 3. The van der Waals surface area contributed by atoms with E-state index in [9.17, 15) is 29.7 Å². The number of aromatic nitrogens is 4. The number of carbonyl (C=O) groups is 3. The Morgan fingerprint density at radius 2 is 1.78 bits per heavy atom. The van der Waals surface area contributed by atoms with Crippen LogP contribution < -0.4 is 20.7 Å². The summed E-state index contributed by atoms with van der Waals surface area (Å²) in [6, 6.07) is 8.15. The van der Waals surface area contributed by atoms with Crippen LogP contribution in [0.25, 0.3) is 11.3 Å². The van der Waals surface area contributed by atoms with E-state index in [4.69, 9.17) is 4.74 Å². The minimum absolute atomic E-state index is 0.00854. The first-order chi connectivity index (χ1) is 19.5. The molecule has 3 amide bonds. The second-order valence-corrected chi connectivity index (χ2v) is 9.89. The van der Waals surface area contributed by atoms with Crippen LogP contribution in [0.4, 0.5) is 17.2 Å². The van der Waals surface area contributed by atoms with E-state index in [1.54, 1.807) is 41.5 Å². The molecule has 6 N–H and O–H groups in total. The molecule has 2 fully saturated rings. The molecule has 1 saturated carbocycles. The Bertz CT molecular complexity index is 1490. The Balaban J connectivity index is 1.49. The van der Waals surface area contributed by atoms with Crippen molar-refractivity contribution in [3.8, 4) is 17.0 Å². The van der Waals surface area contributed by atoms with Gasteiger partial charge in [0, 0.05) is 37.7 Å². The number of benzene rings is 1. The smallest absolute Gasteiger partial charge is 0.369 e. The molecule has 15 heteroatoms.